The number of nitrogens with zero attached hydrogens (tertiary/aromatic N) is 3. The summed E-state index contributed by atoms with van der Waals surface area (Å²) in [6.45, 7) is 2.58. The lowest BCUT2D eigenvalue weighted by Crippen LogP contribution is -2.39. The molecule has 0 spiro atoms. The first-order chi connectivity index (χ1) is 14.2. The molecule has 0 radical (unpaired) electrons. The lowest BCUT2D eigenvalue weighted by molar-refractivity contribution is -0.127. The maximum atomic E-state index is 12.7. The van der Waals surface area contributed by atoms with E-state index in [2.05, 4.69) is 9.88 Å². The molecule has 2 aromatic rings. The smallest absolute Gasteiger partial charge is 0.251 e. The summed E-state index contributed by atoms with van der Waals surface area (Å²) in [5.41, 5.74) is 2.86. The van der Waals surface area contributed by atoms with Gasteiger partial charge in [-0.05, 0) is 55.9 Å². The fourth-order valence-corrected chi connectivity index (χ4v) is 4.34. The summed E-state index contributed by atoms with van der Waals surface area (Å²) in [5, 5.41) is 2.60. The zero-order valence-corrected chi connectivity index (χ0v) is 16.9. The average Bonchev–Trinajstić information content (AvgIpc) is 3.21. The molecule has 2 amide bonds. The van der Waals surface area contributed by atoms with Crippen LogP contribution in [-0.2, 0) is 17.8 Å². The van der Waals surface area contributed by atoms with E-state index in [1.807, 2.05) is 29.3 Å². The first kappa shape index (κ1) is 19.4. The number of nitrogens with one attached hydrogen (secondary N) is 1. The Hall–Kier alpha value is -2.89. The fraction of sp³-hybridized carbons (Fsp3) is 0.435. The zero-order chi connectivity index (χ0) is 20.2. The molecule has 1 aromatic heterocycles. The first-order valence-corrected chi connectivity index (χ1v) is 10.5. The second kappa shape index (κ2) is 8.64. The van der Waals surface area contributed by atoms with Gasteiger partial charge in [-0.2, -0.15) is 0 Å². The van der Waals surface area contributed by atoms with Crippen molar-refractivity contribution >= 4 is 17.9 Å². The van der Waals surface area contributed by atoms with Gasteiger partial charge in [-0.25, -0.2) is 4.98 Å². The van der Waals surface area contributed by atoms with Gasteiger partial charge in [0.15, 0.2) is 0 Å². The Labute approximate surface area is 171 Å². The summed E-state index contributed by atoms with van der Waals surface area (Å²) >= 11 is 0. The number of fused-ring (bicyclic) bond motifs is 1. The van der Waals surface area contributed by atoms with E-state index in [1.165, 1.54) is 18.5 Å². The molecular weight excluding hydrogens is 364 g/mol. The number of hydrogen-bond donors (Lipinski definition) is 1. The summed E-state index contributed by atoms with van der Waals surface area (Å²) in [7, 11) is 1.61. The number of likely N-dealkylation sites (tertiary alicyclic amines) is 1. The summed E-state index contributed by atoms with van der Waals surface area (Å²) in [6.07, 6.45) is 11.2. The number of benzene rings is 1. The van der Waals surface area contributed by atoms with Crippen molar-refractivity contribution in [1.29, 1.82) is 0 Å². The second-order valence-corrected chi connectivity index (χ2v) is 7.87. The van der Waals surface area contributed by atoms with Crippen LogP contribution in [0.25, 0.3) is 6.08 Å². The number of imidazole rings is 1. The average molecular weight is 393 g/mol. The number of aromatic nitrogens is 2. The van der Waals surface area contributed by atoms with Crippen molar-refractivity contribution in [3.05, 3.63) is 59.2 Å². The van der Waals surface area contributed by atoms with E-state index < -0.39 is 0 Å². The third-order valence-electron chi connectivity index (χ3n) is 5.95. The molecular formula is C23H28N4O2. The molecule has 0 saturated carbocycles. The van der Waals surface area contributed by atoms with Crippen molar-refractivity contribution in [3.63, 3.8) is 0 Å². The van der Waals surface area contributed by atoms with E-state index in [1.54, 1.807) is 25.3 Å². The van der Waals surface area contributed by atoms with Gasteiger partial charge >= 0.3 is 0 Å². The molecule has 1 fully saturated rings. The van der Waals surface area contributed by atoms with Gasteiger partial charge in [-0.15, -0.1) is 0 Å². The maximum absolute atomic E-state index is 12.7. The Kier molecular flexibility index (Phi) is 5.79. The van der Waals surface area contributed by atoms with Crippen LogP contribution in [-0.4, -0.2) is 46.4 Å². The number of carbonyl (C=O) groups excluding carboxylic acids is 2. The topological polar surface area (TPSA) is 67.2 Å². The summed E-state index contributed by atoms with van der Waals surface area (Å²) in [4.78, 5) is 31.0. The van der Waals surface area contributed by atoms with Crippen molar-refractivity contribution in [3.8, 4) is 0 Å². The van der Waals surface area contributed by atoms with Crippen LogP contribution in [0.1, 0.15) is 59.0 Å². The van der Waals surface area contributed by atoms with Gasteiger partial charge in [0.05, 0.1) is 0 Å². The van der Waals surface area contributed by atoms with Gasteiger partial charge in [0.2, 0.25) is 5.91 Å². The molecule has 6 heteroatoms. The fourth-order valence-electron chi connectivity index (χ4n) is 4.34. The van der Waals surface area contributed by atoms with Gasteiger partial charge in [-0.3, -0.25) is 9.59 Å². The van der Waals surface area contributed by atoms with Gasteiger partial charge in [0.25, 0.3) is 5.91 Å². The molecule has 29 heavy (non-hydrogen) atoms. The molecule has 1 atom stereocenters. The predicted molar refractivity (Wildman–Crippen MR) is 113 cm³/mol. The minimum absolute atomic E-state index is 0.0375. The third kappa shape index (κ3) is 4.26. The lowest BCUT2D eigenvalue weighted by Gasteiger charge is -2.32. The van der Waals surface area contributed by atoms with Gasteiger partial charge in [-0.1, -0.05) is 12.1 Å². The lowest BCUT2D eigenvalue weighted by atomic mass is 9.96. The number of piperidine rings is 1. The van der Waals surface area contributed by atoms with Crippen LogP contribution in [0.3, 0.4) is 0 Å². The standard InChI is InChI=1S/C23H28N4O2/c1-24-23(29)18-10-7-17(8-11-18)9-12-21(28)26-13-4-5-19(16-26)22-25-15-20-6-2-3-14-27(20)22/h7-12,15,19H,2-6,13-14,16H2,1H3,(H,24,29)/b12-9+. The molecule has 1 N–H and O–H groups in total. The van der Waals surface area contributed by atoms with Crippen LogP contribution in [0.15, 0.2) is 36.5 Å². The Balaban J connectivity index is 1.40. The first-order valence-electron chi connectivity index (χ1n) is 10.5. The Morgan fingerprint density at radius 3 is 2.76 bits per heavy atom. The van der Waals surface area contributed by atoms with E-state index in [0.29, 0.717) is 11.5 Å². The summed E-state index contributed by atoms with van der Waals surface area (Å²) in [5.74, 6) is 1.40. The van der Waals surface area contributed by atoms with E-state index in [-0.39, 0.29) is 11.8 Å². The van der Waals surface area contributed by atoms with E-state index in [0.717, 1.165) is 50.3 Å². The molecule has 2 aliphatic heterocycles. The van der Waals surface area contributed by atoms with Crippen molar-refractivity contribution < 1.29 is 9.59 Å². The molecule has 4 rings (SSSR count). The van der Waals surface area contributed by atoms with Crippen molar-refractivity contribution in [2.75, 3.05) is 20.1 Å². The number of rotatable bonds is 4. The number of carbonyl (C=O) groups is 2. The minimum Gasteiger partial charge on any atom is -0.355 e. The molecule has 152 valence electrons. The molecule has 0 bridgehead atoms. The summed E-state index contributed by atoms with van der Waals surface area (Å²) in [6, 6.07) is 7.23. The Bertz CT molecular complexity index is 913. The van der Waals surface area contributed by atoms with E-state index in [4.69, 9.17) is 4.98 Å². The van der Waals surface area contributed by atoms with Crippen LogP contribution in [0.5, 0.6) is 0 Å². The van der Waals surface area contributed by atoms with Crippen molar-refractivity contribution in [2.24, 2.45) is 0 Å². The van der Waals surface area contributed by atoms with Gasteiger partial charge in [0, 0.05) is 56.1 Å². The molecule has 1 saturated heterocycles. The molecule has 1 aromatic carbocycles. The zero-order valence-electron chi connectivity index (χ0n) is 16.9. The monoisotopic (exact) mass is 392 g/mol. The van der Waals surface area contributed by atoms with Crippen molar-refractivity contribution in [2.45, 2.75) is 44.6 Å². The molecule has 2 aliphatic rings. The summed E-state index contributed by atoms with van der Waals surface area (Å²) < 4.78 is 2.38. The van der Waals surface area contributed by atoms with Crippen LogP contribution >= 0.6 is 0 Å². The Morgan fingerprint density at radius 2 is 1.97 bits per heavy atom. The maximum Gasteiger partial charge on any atom is 0.251 e. The van der Waals surface area contributed by atoms with Crippen LogP contribution < -0.4 is 5.32 Å². The van der Waals surface area contributed by atoms with Crippen LogP contribution in [0, 0.1) is 0 Å². The quantitative estimate of drug-likeness (QED) is 0.814. The molecule has 6 nitrogen and oxygen atoms in total. The molecule has 0 aliphatic carbocycles. The van der Waals surface area contributed by atoms with E-state index >= 15 is 0 Å². The highest BCUT2D eigenvalue weighted by atomic mass is 16.2. The normalized spacial score (nSPS) is 19.2. The number of amides is 2. The largest absolute Gasteiger partial charge is 0.355 e. The SMILES string of the molecule is CNC(=O)c1ccc(/C=C/C(=O)N2CCCC(c3ncc4n3CCCC4)C2)cc1. The number of hydrogen-bond acceptors (Lipinski definition) is 3. The van der Waals surface area contributed by atoms with E-state index in [9.17, 15) is 9.59 Å². The Morgan fingerprint density at radius 1 is 1.14 bits per heavy atom. The van der Waals surface area contributed by atoms with Gasteiger partial charge < -0.3 is 14.8 Å². The molecule has 1 unspecified atom stereocenters. The highest BCUT2D eigenvalue weighted by Crippen LogP contribution is 2.29. The van der Waals surface area contributed by atoms with Crippen molar-refractivity contribution in [1.82, 2.24) is 19.8 Å². The number of aryl methyl sites for hydroxylation is 1. The highest BCUT2D eigenvalue weighted by Gasteiger charge is 2.28. The highest BCUT2D eigenvalue weighted by molar-refractivity contribution is 5.94. The van der Waals surface area contributed by atoms with Crippen LogP contribution in [0.2, 0.25) is 0 Å². The predicted octanol–water partition coefficient (Wildman–Crippen LogP) is 3.00. The van der Waals surface area contributed by atoms with Crippen LogP contribution in [0.4, 0.5) is 0 Å². The van der Waals surface area contributed by atoms with Gasteiger partial charge in [0.1, 0.15) is 5.82 Å². The second-order valence-electron chi connectivity index (χ2n) is 7.87. The molecule has 3 heterocycles. The minimum atomic E-state index is -0.114. The third-order valence-corrected chi connectivity index (χ3v) is 5.95.